The van der Waals surface area contributed by atoms with E-state index in [1.807, 2.05) is 18.2 Å². The standard InChI is InChI=1S/C21H20N2O2/c1-2-25-21(24)15-9-11-17(12-10-15)22-20-18-6-4-3-5-16(18)13-19(23-20)14-7-8-14/h3-6,9-14H,2,7-8H2,1H3,(H,22,23). The summed E-state index contributed by atoms with van der Waals surface area (Å²) in [5.41, 5.74) is 2.61. The predicted molar refractivity (Wildman–Crippen MR) is 99.4 cm³/mol. The molecule has 1 fully saturated rings. The highest BCUT2D eigenvalue weighted by atomic mass is 16.5. The van der Waals surface area contributed by atoms with Crippen LogP contribution in [0.15, 0.2) is 54.6 Å². The fourth-order valence-corrected chi connectivity index (χ4v) is 2.94. The average molecular weight is 332 g/mol. The molecule has 0 aliphatic heterocycles. The van der Waals surface area contributed by atoms with Crippen LogP contribution >= 0.6 is 0 Å². The van der Waals surface area contributed by atoms with Crippen molar-refractivity contribution < 1.29 is 9.53 Å². The second-order valence-electron chi connectivity index (χ2n) is 6.31. The maximum atomic E-state index is 11.8. The molecule has 0 unspecified atom stereocenters. The first-order valence-corrected chi connectivity index (χ1v) is 8.68. The molecular weight excluding hydrogens is 312 g/mol. The van der Waals surface area contributed by atoms with Gasteiger partial charge < -0.3 is 10.1 Å². The Balaban J connectivity index is 1.64. The highest BCUT2D eigenvalue weighted by Gasteiger charge is 2.26. The highest BCUT2D eigenvalue weighted by Crippen LogP contribution is 2.41. The van der Waals surface area contributed by atoms with Crippen molar-refractivity contribution in [3.8, 4) is 0 Å². The molecule has 1 saturated carbocycles. The van der Waals surface area contributed by atoms with Crippen LogP contribution in [0.25, 0.3) is 10.8 Å². The van der Waals surface area contributed by atoms with Crippen molar-refractivity contribution in [2.24, 2.45) is 0 Å². The minimum absolute atomic E-state index is 0.298. The summed E-state index contributed by atoms with van der Waals surface area (Å²) < 4.78 is 5.02. The molecule has 0 atom stereocenters. The number of nitrogens with zero attached hydrogens (tertiary/aromatic N) is 1. The second kappa shape index (κ2) is 6.55. The highest BCUT2D eigenvalue weighted by molar-refractivity contribution is 5.94. The predicted octanol–water partition coefficient (Wildman–Crippen LogP) is 5.03. The lowest BCUT2D eigenvalue weighted by atomic mass is 10.1. The molecule has 1 aliphatic rings. The van der Waals surface area contributed by atoms with Crippen molar-refractivity contribution >= 4 is 28.2 Å². The lowest BCUT2D eigenvalue weighted by Gasteiger charge is -2.12. The molecule has 0 saturated heterocycles. The molecule has 0 spiro atoms. The van der Waals surface area contributed by atoms with Crippen molar-refractivity contribution in [1.82, 2.24) is 4.98 Å². The van der Waals surface area contributed by atoms with Gasteiger partial charge in [-0.2, -0.15) is 0 Å². The SMILES string of the molecule is CCOC(=O)c1ccc(Nc2nc(C3CC3)cc3ccccc23)cc1. The number of hydrogen-bond acceptors (Lipinski definition) is 4. The fraction of sp³-hybridized carbons (Fsp3) is 0.238. The van der Waals surface area contributed by atoms with Crippen LogP contribution in [-0.4, -0.2) is 17.6 Å². The zero-order valence-corrected chi connectivity index (χ0v) is 14.2. The van der Waals surface area contributed by atoms with Crippen LogP contribution in [0.2, 0.25) is 0 Å². The number of anilines is 2. The molecule has 0 amide bonds. The maximum absolute atomic E-state index is 11.8. The van der Waals surface area contributed by atoms with Gasteiger partial charge in [-0.1, -0.05) is 24.3 Å². The summed E-state index contributed by atoms with van der Waals surface area (Å²) >= 11 is 0. The minimum Gasteiger partial charge on any atom is -0.462 e. The van der Waals surface area contributed by atoms with Gasteiger partial charge in [0.2, 0.25) is 0 Å². The number of carbonyl (C=O) groups excluding carboxylic acids is 1. The Morgan fingerprint density at radius 2 is 1.92 bits per heavy atom. The second-order valence-corrected chi connectivity index (χ2v) is 6.31. The topological polar surface area (TPSA) is 51.2 Å². The molecule has 1 N–H and O–H groups in total. The molecule has 4 heteroatoms. The summed E-state index contributed by atoms with van der Waals surface area (Å²) in [5.74, 6) is 1.16. The van der Waals surface area contributed by atoms with Crippen molar-refractivity contribution in [3.05, 3.63) is 65.9 Å². The molecule has 0 radical (unpaired) electrons. The number of nitrogens with one attached hydrogen (secondary N) is 1. The zero-order valence-electron chi connectivity index (χ0n) is 14.2. The van der Waals surface area contributed by atoms with E-state index in [4.69, 9.17) is 9.72 Å². The van der Waals surface area contributed by atoms with Gasteiger partial charge in [0.1, 0.15) is 5.82 Å². The smallest absolute Gasteiger partial charge is 0.338 e. The van der Waals surface area contributed by atoms with E-state index in [-0.39, 0.29) is 5.97 Å². The molecule has 3 aromatic rings. The Morgan fingerprint density at radius 1 is 1.16 bits per heavy atom. The zero-order chi connectivity index (χ0) is 17.2. The first-order chi connectivity index (χ1) is 12.2. The normalized spacial score (nSPS) is 13.6. The number of benzene rings is 2. The van der Waals surface area contributed by atoms with Crippen molar-refractivity contribution in [3.63, 3.8) is 0 Å². The Hall–Kier alpha value is -2.88. The fourth-order valence-electron chi connectivity index (χ4n) is 2.94. The molecule has 4 rings (SSSR count). The third-order valence-corrected chi connectivity index (χ3v) is 4.41. The molecule has 2 aromatic carbocycles. The van der Waals surface area contributed by atoms with Crippen LogP contribution < -0.4 is 5.32 Å². The van der Waals surface area contributed by atoms with Crippen LogP contribution in [0.5, 0.6) is 0 Å². The number of fused-ring (bicyclic) bond motifs is 1. The molecule has 1 heterocycles. The maximum Gasteiger partial charge on any atom is 0.338 e. The van der Waals surface area contributed by atoms with Gasteiger partial charge in [0, 0.05) is 22.7 Å². The van der Waals surface area contributed by atoms with E-state index in [1.165, 1.54) is 18.2 Å². The van der Waals surface area contributed by atoms with Gasteiger partial charge in [-0.25, -0.2) is 9.78 Å². The number of ether oxygens (including phenoxy) is 1. The number of esters is 1. The van der Waals surface area contributed by atoms with Crippen molar-refractivity contribution in [1.29, 1.82) is 0 Å². The van der Waals surface area contributed by atoms with E-state index in [2.05, 4.69) is 29.6 Å². The van der Waals surface area contributed by atoms with Crippen LogP contribution in [0.4, 0.5) is 11.5 Å². The van der Waals surface area contributed by atoms with Crippen LogP contribution in [0, 0.1) is 0 Å². The van der Waals surface area contributed by atoms with Gasteiger partial charge in [0.15, 0.2) is 0 Å². The first-order valence-electron chi connectivity index (χ1n) is 8.68. The van der Waals surface area contributed by atoms with Crippen molar-refractivity contribution in [2.45, 2.75) is 25.7 Å². The van der Waals surface area contributed by atoms with Crippen molar-refractivity contribution in [2.75, 3.05) is 11.9 Å². The summed E-state index contributed by atoms with van der Waals surface area (Å²) in [6.45, 7) is 2.18. The quantitative estimate of drug-likeness (QED) is 0.666. The van der Waals surface area contributed by atoms with E-state index in [1.54, 1.807) is 19.1 Å². The van der Waals surface area contributed by atoms with Crippen LogP contribution in [0.3, 0.4) is 0 Å². The summed E-state index contributed by atoms with van der Waals surface area (Å²) in [4.78, 5) is 16.6. The first kappa shape index (κ1) is 15.6. The largest absolute Gasteiger partial charge is 0.462 e. The van der Waals surface area contributed by atoms with E-state index >= 15 is 0 Å². The number of rotatable bonds is 5. The molecule has 126 valence electrons. The van der Waals surface area contributed by atoms with Gasteiger partial charge in [-0.3, -0.25) is 0 Å². The van der Waals surface area contributed by atoms with Gasteiger partial charge >= 0.3 is 5.97 Å². The van der Waals surface area contributed by atoms with E-state index in [9.17, 15) is 4.79 Å². The van der Waals surface area contributed by atoms with Gasteiger partial charge in [0.25, 0.3) is 0 Å². The lowest BCUT2D eigenvalue weighted by molar-refractivity contribution is 0.0526. The Labute approximate surface area is 146 Å². The number of carbonyl (C=O) groups is 1. The Kier molecular flexibility index (Phi) is 4.10. The molecule has 0 bridgehead atoms. The van der Waals surface area contributed by atoms with Gasteiger partial charge in [-0.05, 0) is 55.5 Å². The average Bonchev–Trinajstić information content (AvgIpc) is 3.47. The molecule has 1 aliphatic carbocycles. The summed E-state index contributed by atoms with van der Waals surface area (Å²) in [6, 6.07) is 17.8. The molecule has 4 nitrogen and oxygen atoms in total. The Bertz CT molecular complexity index is 915. The van der Waals surface area contributed by atoms with Crippen LogP contribution in [0.1, 0.15) is 41.7 Å². The number of pyridine rings is 1. The monoisotopic (exact) mass is 332 g/mol. The van der Waals surface area contributed by atoms with E-state index in [0.717, 1.165) is 22.6 Å². The van der Waals surface area contributed by atoms with Gasteiger partial charge in [0.05, 0.1) is 12.2 Å². The summed E-state index contributed by atoms with van der Waals surface area (Å²) in [6.07, 6.45) is 2.44. The molecular formula is C21H20N2O2. The Morgan fingerprint density at radius 3 is 2.64 bits per heavy atom. The summed E-state index contributed by atoms with van der Waals surface area (Å²) in [7, 11) is 0. The summed E-state index contributed by atoms with van der Waals surface area (Å²) in [5, 5.41) is 5.70. The minimum atomic E-state index is -0.298. The number of aromatic nitrogens is 1. The van der Waals surface area contributed by atoms with E-state index in [0.29, 0.717) is 18.1 Å². The van der Waals surface area contributed by atoms with Crippen LogP contribution in [-0.2, 0) is 4.74 Å². The number of hydrogen-bond donors (Lipinski definition) is 1. The molecule has 25 heavy (non-hydrogen) atoms. The third kappa shape index (κ3) is 3.33. The lowest BCUT2D eigenvalue weighted by Crippen LogP contribution is -2.04. The third-order valence-electron chi connectivity index (χ3n) is 4.41. The van der Waals surface area contributed by atoms with E-state index < -0.39 is 0 Å². The molecule has 1 aromatic heterocycles. The van der Waals surface area contributed by atoms with Gasteiger partial charge in [-0.15, -0.1) is 0 Å².